The topological polar surface area (TPSA) is 101 Å². The number of tetrazole rings is 1. The number of aromatic nitrogens is 6. The lowest BCUT2D eigenvalue weighted by Crippen LogP contribution is -2.19. The van der Waals surface area contributed by atoms with Gasteiger partial charge in [0.15, 0.2) is 0 Å². The maximum absolute atomic E-state index is 11.3. The second kappa shape index (κ2) is 3.64. The lowest BCUT2D eigenvalue weighted by Gasteiger charge is -1.99. The summed E-state index contributed by atoms with van der Waals surface area (Å²) in [5.74, 6) is 0.162. The third kappa shape index (κ3) is 1.91. The molecule has 0 bridgehead atoms. The molecule has 0 radical (unpaired) electrons. The second-order valence-electron chi connectivity index (χ2n) is 2.49. The molecule has 0 fully saturated rings. The number of H-pyrrole nitrogens is 1. The minimum Gasteiger partial charge on any atom is -0.331 e. The Morgan fingerprint density at radius 3 is 3.21 bits per heavy atom. The van der Waals surface area contributed by atoms with Gasteiger partial charge in [-0.05, 0) is 10.4 Å². The van der Waals surface area contributed by atoms with Crippen molar-refractivity contribution in [2.24, 2.45) is 0 Å². The van der Waals surface area contributed by atoms with Gasteiger partial charge in [-0.25, -0.2) is 9.67 Å². The van der Waals surface area contributed by atoms with Crippen LogP contribution in [0.25, 0.3) is 0 Å². The average molecular weight is 193 g/mol. The van der Waals surface area contributed by atoms with Gasteiger partial charge in [0.1, 0.15) is 12.9 Å². The zero-order valence-electron chi connectivity index (χ0n) is 7.08. The smallest absolute Gasteiger partial charge is 0.248 e. The van der Waals surface area contributed by atoms with Crippen LogP contribution in [-0.2, 0) is 11.3 Å². The lowest BCUT2D eigenvalue weighted by atomic mass is 10.6. The Kier molecular flexibility index (Phi) is 2.17. The zero-order chi connectivity index (χ0) is 9.80. The first-order valence-corrected chi connectivity index (χ1v) is 3.84. The molecule has 2 aromatic heterocycles. The Morgan fingerprint density at radius 2 is 2.57 bits per heavy atom. The lowest BCUT2D eigenvalue weighted by molar-refractivity contribution is -0.117. The van der Waals surface area contributed by atoms with E-state index in [-0.39, 0.29) is 12.5 Å². The van der Waals surface area contributed by atoms with E-state index in [1.807, 2.05) is 0 Å². The third-order valence-corrected chi connectivity index (χ3v) is 1.45. The molecule has 0 unspecified atom stereocenters. The quantitative estimate of drug-likeness (QED) is 0.653. The molecule has 8 nitrogen and oxygen atoms in total. The molecule has 2 aromatic rings. The van der Waals surface area contributed by atoms with Crippen LogP contribution < -0.4 is 5.32 Å². The van der Waals surface area contributed by atoms with E-state index in [2.05, 4.69) is 30.8 Å². The molecule has 0 spiro atoms. The summed E-state index contributed by atoms with van der Waals surface area (Å²) in [5, 5.41) is 12.9. The van der Waals surface area contributed by atoms with Gasteiger partial charge in [0.25, 0.3) is 0 Å². The van der Waals surface area contributed by atoms with E-state index >= 15 is 0 Å². The van der Waals surface area contributed by atoms with Crippen molar-refractivity contribution in [3.8, 4) is 0 Å². The summed E-state index contributed by atoms with van der Waals surface area (Å²) in [4.78, 5) is 17.9. The van der Waals surface area contributed by atoms with Gasteiger partial charge in [-0.15, -0.1) is 5.10 Å². The zero-order valence-corrected chi connectivity index (χ0v) is 7.08. The summed E-state index contributed by atoms with van der Waals surface area (Å²) < 4.78 is 1.32. The maximum atomic E-state index is 11.3. The van der Waals surface area contributed by atoms with E-state index in [1.165, 1.54) is 11.0 Å². The first-order valence-electron chi connectivity index (χ1n) is 3.84. The van der Waals surface area contributed by atoms with Crippen molar-refractivity contribution < 1.29 is 4.79 Å². The van der Waals surface area contributed by atoms with Crippen LogP contribution in [0.15, 0.2) is 18.7 Å². The Morgan fingerprint density at radius 1 is 1.64 bits per heavy atom. The fourth-order valence-corrected chi connectivity index (χ4v) is 0.905. The van der Waals surface area contributed by atoms with Crippen LogP contribution in [0.4, 0.5) is 5.95 Å². The summed E-state index contributed by atoms with van der Waals surface area (Å²) in [6, 6.07) is 0. The van der Waals surface area contributed by atoms with Crippen LogP contribution in [0.3, 0.4) is 0 Å². The standard InChI is InChI=1S/C6H7N7O/c14-5(3-13-4-9-11-12-13)10-6-7-1-2-8-6/h1-2,4H,3H2,(H2,7,8,10,14). The highest BCUT2D eigenvalue weighted by Gasteiger charge is 2.04. The van der Waals surface area contributed by atoms with Gasteiger partial charge in [0.2, 0.25) is 11.9 Å². The average Bonchev–Trinajstić information content (AvgIpc) is 2.76. The van der Waals surface area contributed by atoms with Crippen molar-refractivity contribution in [1.29, 1.82) is 0 Å². The van der Waals surface area contributed by atoms with E-state index < -0.39 is 0 Å². The fourth-order valence-electron chi connectivity index (χ4n) is 0.905. The Balaban J connectivity index is 1.91. The summed E-state index contributed by atoms with van der Waals surface area (Å²) >= 11 is 0. The molecular formula is C6H7N7O. The van der Waals surface area contributed by atoms with Crippen LogP contribution in [0.1, 0.15) is 0 Å². The molecule has 0 saturated carbocycles. The van der Waals surface area contributed by atoms with E-state index in [0.29, 0.717) is 5.95 Å². The van der Waals surface area contributed by atoms with Crippen LogP contribution in [0.5, 0.6) is 0 Å². The molecule has 0 aromatic carbocycles. The third-order valence-electron chi connectivity index (χ3n) is 1.45. The van der Waals surface area contributed by atoms with Crippen molar-refractivity contribution >= 4 is 11.9 Å². The highest BCUT2D eigenvalue weighted by Crippen LogP contribution is 1.94. The number of hydrogen-bond acceptors (Lipinski definition) is 5. The van der Waals surface area contributed by atoms with Crippen molar-refractivity contribution in [3.63, 3.8) is 0 Å². The van der Waals surface area contributed by atoms with Gasteiger partial charge in [-0.2, -0.15) is 0 Å². The molecule has 0 aliphatic rings. The van der Waals surface area contributed by atoms with Crippen molar-refractivity contribution in [2.75, 3.05) is 5.32 Å². The number of amides is 1. The van der Waals surface area contributed by atoms with Gasteiger partial charge in [0, 0.05) is 12.4 Å². The Labute approximate surface area is 78.3 Å². The van der Waals surface area contributed by atoms with E-state index in [9.17, 15) is 4.79 Å². The Bertz CT molecular complexity index is 354. The van der Waals surface area contributed by atoms with Gasteiger partial charge >= 0.3 is 0 Å². The predicted molar refractivity (Wildman–Crippen MR) is 45.0 cm³/mol. The molecule has 1 amide bonds. The molecule has 2 rings (SSSR count). The summed E-state index contributed by atoms with van der Waals surface area (Å²) in [5.41, 5.74) is 0. The normalized spacial score (nSPS) is 10.0. The minimum absolute atomic E-state index is 0.0632. The van der Waals surface area contributed by atoms with Gasteiger partial charge in [-0.1, -0.05) is 0 Å². The second-order valence-corrected chi connectivity index (χ2v) is 2.49. The van der Waals surface area contributed by atoms with E-state index in [4.69, 9.17) is 0 Å². The van der Waals surface area contributed by atoms with Gasteiger partial charge < -0.3 is 4.98 Å². The molecule has 0 saturated heterocycles. The maximum Gasteiger partial charge on any atom is 0.248 e. The van der Waals surface area contributed by atoms with Crippen LogP contribution >= 0.6 is 0 Å². The van der Waals surface area contributed by atoms with Gasteiger partial charge in [0.05, 0.1) is 0 Å². The molecular weight excluding hydrogens is 186 g/mol. The number of hydrogen-bond donors (Lipinski definition) is 2. The van der Waals surface area contributed by atoms with Crippen molar-refractivity contribution in [2.45, 2.75) is 6.54 Å². The number of aromatic amines is 1. The number of imidazole rings is 1. The highest BCUT2D eigenvalue weighted by atomic mass is 16.2. The molecule has 0 aliphatic heterocycles. The summed E-state index contributed by atoms with van der Waals surface area (Å²) in [6.45, 7) is 0.0632. The molecule has 14 heavy (non-hydrogen) atoms. The number of rotatable bonds is 3. The molecule has 0 aliphatic carbocycles. The molecule has 8 heteroatoms. The number of carbonyl (C=O) groups is 1. The van der Waals surface area contributed by atoms with E-state index in [1.54, 1.807) is 12.4 Å². The molecule has 2 heterocycles. The van der Waals surface area contributed by atoms with E-state index in [0.717, 1.165) is 0 Å². The number of nitrogens with one attached hydrogen (secondary N) is 2. The minimum atomic E-state index is -0.243. The number of nitrogens with zero attached hydrogens (tertiary/aromatic N) is 5. The van der Waals surface area contributed by atoms with Crippen LogP contribution in [-0.4, -0.2) is 36.1 Å². The van der Waals surface area contributed by atoms with Crippen LogP contribution in [0.2, 0.25) is 0 Å². The Hall–Kier alpha value is -2.25. The predicted octanol–water partition coefficient (Wildman–Crippen LogP) is -0.965. The summed E-state index contributed by atoms with van der Waals surface area (Å²) in [7, 11) is 0. The fraction of sp³-hybridized carbons (Fsp3) is 0.167. The number of anilines is 1. The van der Waals surface area contributed by atoms with Crippen LogP contribution in [0, 0.1) is 0 Å². The monoisotopic (exact) mass is 193 g/mol. The summed E-state index contributed by atoms with van der Waals surface area (Å²) in [6.07, 6.45) is 4.53. The van der Waals surface area contributed by atoms with Gasteiger partial charge in [-0.3, -0.25) is 10.1 Å². The molecule has 2 N–H and O–H groups in total. The highest BCUT2D eigenvalue weighted by molar-refractivity contribution is 5.88. The van der Waals surface area contributed by atoms with Crippen molar-refractivity contribution in [3.05, 3.63) is 18.7 Å². The molecule has 72 valence electrons. The first-order chi connectivity index (χ1) is 6.84. The number of carbonyl (C=O) groups excluding carboxylic acids is 1. The first kappa shape index (κ1) is 8.35. The molecule has 0 atom stereocenters. The SMILES string of the molecule is O=C(Cn1cnnn1)Nc1ncc[nH]1. The van der Waals surface area contributed by atoms with Crippen molar-refractivity contribution in [1.82, 2.24) is 30.2 Å². The largest absolute Gasteiger partial charge is 0.331 e.